The molecule has 0 saturated heterocycles. The Hall–Kier alpha value is -3.12. The van der Waals surface area contributed by atoms with E-state index >= 15 is 0 Å². The van der Waals surface area contributed by atoms with Gasteiger partial charge in [0.25, 0.3) is 5.91 Å². The number of H-pyrrole nitrogens is 1. The molecule has 5 nitrogen and oxygen atoms in total. The van der Waals surface area contributed by atoms with E-state index in [0.717, 1.165) is 26.9 Å². The number of benzene rings is 2. The van der Waals surface area contributed by atoms with Crippen molar-refractivity contribution in [2.24, 2.45) is 0 Å². The third-order valence-electron chi connectivity index (χ3n) is 4.94. The molecular weight excluding hydrogens is 420 g/mol. The van der Waals surface area contributed by atoms with Crippen molar-refractivity contribution in [2.45, 2.75) is 13.8 Å². The lowest BCUT2D eigenvalue weighted by molar-refractivity contribution is -0.110. The predicted molar refractivity (Wildman–Crippen MR) is 113 cm³/mol. The SMILES string of the molecule is Cc1[nH]c(/C=C2\C(=O)Nc3cccc(-c4cccc(Br)c4)c32)c(C)c1C(=O)O. The molecular formula is C22H17BrN2O3. The first kappa shape index (κ1) is 18.3. The molecule has 2 aromatic carbocycles. The molecule has 28 heavy (non-hydrogen) atoms. The number of carbonyl (C=O) groups is 2. The highest BCUT2D eigenvalue weighted by Gasteiger charge is 2.28. The third kappa shape index (κ3) is 2.96. The molecule has 2 heterocycles. The molecule has 6 heteroatoms. The van der Waals surface area contributed by atoms with E-state index in [4.69, 9.17) is 0 Å². The highest BCUT2D eigenvalue weighted by Crippen LogP contribution is 2.41. The number of carboxylic acid groups (broad SMARTS) is 1. The van der Waals surface area contributed by atoms with Crippen molar-refractivity contribution < 1.29 is 14.7 Å². The highest BCUT2D eigenvalue weighted by atomic mass is 79.9. The van der Waals surface area contributed by atoms with Crippen molar-refractivity contribution in [3.05, 3.63) is 75.0 Å². The Kier molecular flexibility index (Phi) is 4.43. The van der Waals surface area contributed by atoms with Gasteiger partial charge >= 0.3 is 5.97 Å². The van der Waals surface area contributed by atoms with E-state index < -0.39 is 5.97 Å². The molecule has 0 atom stereocenters. The van der Waals surface area contributed by atoms with E-state index in [1.54, 1.807) is 19.9 Å². The lowest BCUT2D eigenvalue weighted by Crippen LogP contribution is -2.03. The summed E-state index contributed by atoms with van der Waals surface area (Å²) in [6, 6.07) is 13.6. The number of aromatic nitrogens is 1. The fourth-order valence-corrected chi connectivity index (χ4v) is 4.07. The smallest absolute Gasteiger partial charge is 0.337 e. The summed E-state index contributed by atoms with van der Waals surface area (Å²) in [5.74, 6) is -1.19. The molecule has 140 valence electrons. The van der Waals surface area contributed by atoms with Gasteiger partial charge in [-0.3, -0.25) is 4.79 Å². The van der Waals surface area contributed by atoms with Crippen LogP contribution in [-0.2, 0) is 4.79 Å². The number of amides is 1. The Labute approximate surface area is 170 Å². The first-order chi connectivity index (χ1) is 13.4. The average molecular weight is 437 g/mol. The van der Waals surface area contributed by atoms with Crippen LogP contribution in [0, 0.1) is 13.8 Å². The normalized spacial score (nSPS) is 14.2. The lowest BCUT2D eigenvalue weighted by Gasteiger charge is -2.09. The second-order valence-corrected chi connectivity index (χ2v) is 7.64. The van der Waals surface area contributed by atoms with Gasteiger partial charge in [-0.2, -0.15) is 0 Å². The number of aryl methyl sites for hydroxylation is 1. The number of aromatic amines is 1. The molecule has 0 bridgehead atoms. The molecule has 1 aliphatic heterocycles. The van der Waals surface area contributed by atoms with Crippen LogP contribution in [0.25, 0.3) is 22.8 Å². The zero-order valence-corrected chi connectivity index (χ0v) is 16.8. The van der Waals surface area contributed by atoms with E-state index in [0.29, 0.717) is 22.5 Å². The number of halogens is 1. The summed E-state index contributed by atoms with van der Waals surface area (Å²) in [7, 11) is 0. The molecule has 0 radical (unpaired) electrons. The Morgan fingerprint density at radius 3 is 2.57 bits per heavy atom. The van der Waals surface area contributed by atoms with Crippen molar-refractivity contribution in [3.8, 4) is 11.1 Å². The number of carboxylic acids is 1. The summed E-state index contributed by atoms with van der Waals surface area (Å²) in [4.78, 5) is 27.3. The van der Waals surface area contributed by atoms with Gasteiger partial charge in [-0.15, -0.1) is 0 Å². The van der Waals surface area contributed by atoms with Crippen LogP contribution in [0.2, 0.25) is 0 Å². The van der Waals surface area contributed by atoms with E-state index in [1.165, 1.54) is 0 Å². The van der Waals surface area contributed by atoms with E-state index in [1.807, 2.05) is 42.5 Å². The minimum Gasteiger partial charge on any atom is -0.478 e. The van der Waals surface area contributed by atoms with Gasteiger partial charge in [0.05, 0.1) is 11.1 Å². The first-order valence-corrected chi connectivity index (χ1v) is 9.51. The van der Waals surface area contributed by atoms with Crippen LogP contribution in [0.5, 0.6) is 0 Å². The zero-order chi connectivity index (χ0) is 20.0. The van der Waals surface area contributed by atoms with Crippen LogP contribution < -0.4 is 5.32 Å². The molecule has 0 unspecified atom stereocenters. The number of hydrogen-bond donors (Lipinski definition) is 3. The Balaban J connectivity index is 1.92. The molecule has 3 N–H and O–H groups in total. The van der Waals surface area contributed by atoms with Gasteiger partial charge in [0.1, 0.15) is 0 Å². The molecule has 0 spiro atoms. The van der Waals surface area contributed by atoms with Gasteiger partial charge in [0, 0.05) is 27.1 Å². The van der Waals surface area contributed by atoms with Gasteiger partial charge in [0.2, 0.25) is 0 Å². The number of fused-ring (bicyclic) bond motifs is 1. The molecule has 0 aliphatic carbocycles. The zero-order valence-electron chi connectivity index (χ0n) is 15.3. The minimum atomic E-state index is -0.984. The fourth-order valence-electron chi connectivity index (χ4n) is 3.67. The van der Waals surface area contributed by atoms with Crippen LogP contribution >= 0.6 is 15.9 Å². The standard InChI is InChI=1S/C22H17BrN2O3/c1-11-18(24-12(2)19(11)22(27)28)10-16-20-15(13-5-3-6-14(23)9-13)7-4-8-17(20)25-21(16)26/h3-10,24H,1-2H3,(H,25,26)(H,27,28)/b16-10-. The molecule has 1 aromatic heterocycles. The van der Waals surface area contributed by atoms with Crippen molar-refractivity contribution in [1.82, 2.24) is 4.98 Å². The number of rotatable bonds is 3. The Morgan fingerprint density at radius 2 is 1.89 bits per heavy atom. The average Bonchev–Trinajstić information content (AvgIpc) is 3.11. The maximum atomic E-state index is 12.7. The van der Waals surface area contributed by atoms with Gasteiger partial charge in [-0.1, -0.05) is 40.2 Å². The Bertz CT molecular complexity index is 1170. The molecule has 1 aliphatic rings. The predicted octanol–water partition coefficient (Wildman–Crippen LogP) is 5.25. The second-order valence-electron chi connectivity index (χ2n) is 6.72. The largest absolute Gasteiger partial charge is 0.478 e. The summed E-state index contributed by atoms with van der Waals surface area (Å²) in [5, 5.41) is 12.3. The second kappa shape index (κ2) is 6.80. The molecule has 0 fully saturated rings. The maximum Gasteiger partial charge on any atom is 0.337 e. The molecule has 4 rings (SSSR count). The lowest BCUT2D eigenvalue weighted by atomic mass is 9.94. The molecule has 0 saturated carbocycles. The van der Waals surface area contributed by atoms with E-state index in [2.05, 4.69) is 26.2 Å². The van der Waals surface area contributed by atoms with E-state index in [9.17, 15) is 14.7 Å². The molecule has 3 aromatic rings. The molecule has 1 amide bonds. The fraction of sp³-hybridized carbons (Fsp3) is 0.0909. The first-order valence-electron chi connectivity index (χ1n) is 8.71. The summed E-state index contributed by atoms with van der Waals surface area (Å²) in [6.45, 7) is 3.46. The third-order valence-corrected chi connectivity index (χ3v) is 5.43. The van der Waals surface area contributed by atoms with Crippen LogP contribution in [0.1, 0.15) is 32.9 Å². The summed E-state index contributed by atoms with van der Waals surface area (Å²) >= 11 is 3.50. The number of anilines is 1. The Morgan fingerprint density at radius 1 is 1.14 bits per heavy atom. The highest BCUT2D eigenvalue weighted by molar-refractivity contribution is 9.10. The summed E-state index contributed by atoms with van der Waals surface area (Å²) in [5.41, 5.74) is 6.02. The van der Waals surface area contributed by atoms with Crippen LogP contribution in [0.4, 0.5) is 5.69 Å². The number of carbonyl (C=O) groups excluding carboxylic acids is 1. The van der Waals surface area contributed by atoms with Crippen molar-refractivity contribution >= 4 is 45.1 Å². The summed E-state index contributed by atoms with van der Waals surface area (Å²) in [6.07, 6.45) is 1.73. The topological polar surface area (TPSA) is 82.2 Å². The number of nitrogens with one attached hydrogen (secondary N) is 2. The summed E-state index contributed by atoms with van der Waals surface area (Å²) < 4.78 is 0.951. The van der Waals surface area contributed by atoms with Crippen LogP contribution in [0.3, 0.4) is 0 Å². The van der Waals surface area contributed by atoms with Crippen molar-refractivity contribution in [3.63, 3.8) is 0 Å². The van der Waals surface area contributed by atoms with Gasteiger partial charge < -0.3 is 15.4 Å². The monoisotopic (exact) mass is 436 g/mol. The van der Waals surface area contributed by atoms with Crippen LogP contribution in [-0.4, -0.2) is 22.0 Å². The van der Waals surface area contributed by atoms with Gasteiger partial charge in [0.15, 0.2) is 0 Å². The van der Waals surface area contributed by atoms with Crippen molar-refractivity contribution in [2.75, 3.05) is 5.32 Å². The minimum absolute atomic E-state index is 0.207. The number of hydrogen-bond acceptors (Lipinski definition) is 2. The van der Waals surface area contributed by atoms with Crippen LogP contribution in [0.15, 0.2) is 46.9 Å². The van der Waals surface area contributed by atoms with Crippen molar-refractivity contribution in [1.29, 1.82) is 0 Å². The van der Waals surface area contributed by atoms with Gasteiger partial charge in [-0.25, -0.2) is 4.79 Å². The van der Waals surface area contributed by atoms with Gasteiger partial charge in [-0.05, 0) is 54.8 Å². The number of aromatic carboxylic acids is 1. The quantitative estimate of drug-likeness (QED) is 0.490. The van der Waals surface area contributed by atoms with E-state index in [-0.39, 0.29) is 11.5 Å². The maximum absolute atomic E-state index is 12.7.